The summed E-state index contributed by atoms with van der Waals surface area (Å²) in [7, 11) is -1.44. The molecule has 7 heteroatoms. The number of likely N-dealkylation sites (N-methyl/N-ethyl adjacent to an activating group) is 1. The van der Waals surface area contributed by atoms with Gasteiger partial charge in [-0.3, -0.25) is 0 Å². The summed E-state index contributed by atoms with van der Waals surface area (Å²) in [6.45, 7) is 1.96. The minimum Gasteiger partial charge on any atom is -0.303 e. The van der Waals surface area contributed by atoms with Gasteiger partial charge < -0.3 is 4.90 Å². The molecule has 0 N–H and O–H groups in total. The molecule has 2 aromatic rings. The Kier molecular flexibility index (Phi) is 4.70. The third-order valence-corrected chi connectivity index (χ3v) is 7.83. The average Bonchev–Trinajstić information content (AvgIpc) is 2.95. The van der Waals surface area contributed by atoms with Crippen LogP contribution in [0.2, 0.25) is 0 Å². The number of hydrogen-bond donors (Lipinski definition) is 0. The molecule has 0 amide bonds. The molecule has 1 aliphatic heterocycles. The number of rotatable bonds is 3. The zero-order valence-electron chi connectivity index (χ0n) is 12.1. The Morgan fingerprint density at radius 1 is 1.14 bits per heavy atom. The standard InChI is InChI=1S/C15H17BrN2O2S2/c1-17-9-10-18(13(11-17)12-5-3-2-4-6-12)22(19,20)15-8-7-14(16)21-15/h2-8,13H,9-11H2,1H3. The lowest BCUT2D eigenvalue weighted by Gasteiger charge is -2.39. The van der Waals surface area contributed by atoms with Crippen molar-refractivity contribution in [1.29, 1.82) is 0 Å². The van der Waals surface area contributed by atoms with E-state index in [0.29, 0.717) is 17.3 Å². The lowest BCUT2D eigenvalue weighted by molar-refractivity contribution is 0.161. The van der Waals surface area contributed by atoms with Crippen LogP contribution in [0.15, 0.2) is 50.5 Å². The van der Waals surface area contributed by atoms with Gasteiger partial charge in [-0.15, -0.1) is 11.3 Å². The van der Waals surface area contributed by atoms with E-state index in [2.05, 4.69) is 20.8 Å². The van der Waals surface area contributed by atoms with E-state index in [1.165, 1.54) is 11.3 Å². The second kappa shape index (κ2) is 6.41. The normalized spacial score (nSPS) is 21.1. The number of benzene rings is 1. The smallest absolute Gasteiger partial charge is 0.253 e. The highest BCUT2D eigenvalue weighted by atomic mass is 79.9. The van der Waals surface area contributed by atoms with Crippen LogP contribution in [0.25, 0.3) is 0 Å². The lowest BCUT2D eigenvalue weighted by Crippen LogP contribution is -2.49. The Hall–Kier alpha value is -0.730. The van der Waals surface area contributed by atoms with Crippen LogP contribution in [-0.4, -0.2) is 44.3 Å². The van der Waals surface area contributed by atoms with Crippen LogP contribution in [0.5, 0.6) is 0 Å². The monoisotopic (exact) mass is 400 g/mol. The van der Waals surface area contributed by atoms with Crippen molar-refractivity contribution in [2.45, 2.75) is 10.3 Å². The SMILES string of the molecule is CN1CCN(S(=O)(=O)c2ccc(Br)s2)C(c2ccccc2)C1. The van der Waals surface area contributed by atoms with Gasteiger partial charge in [0.2, 0.25) is 0 Å². The molecule has 1 fully saturated rings. The highest BCUT2D eigenvalue weighted by Crippen LogP contribution is 2.34. The van der Waals surface area contributed by atoms with Crippen LogP contribution in [0, 0.1) is 0 Å². The molecule has 1 aromatic carbocycles. The van der Waals surface area contributed by atoms with E-state index >= 15 is 0 Å². The van der Waals surface area contributed by atoms with Gasteiger partial charge in [0.15, 0.2) is 0 Å². The van der Waals surface area contributed by atoms with Crippen LogP contribution in [0.4, 0.5) is 0 Å². The first-order valence-corrected chi connectivity index (χ1v) is 10.0. The molecule has 0 radical (unpaired) electrons. The summed E-state index contributed by atoms with van der Waals surface area (Å²) in [5.41, 5.74) is 1.04. The van der Waals surface area contributed by atoms with Crippen molar-refractivity contribution >= 4 is 37.3 Å². The van der Waals surface area contributed by atoms with Crippen LogP contribution in [0.3, 0.4) is 0 Å². The number of nitrogens with zero attached hydrogens (tertiary/aromatic N) is 2. The molecule has 1 aromatic heterocycles. The summed E-state index contributed by atoms with van der Waals surface area (Å²) in [5, 5.41) is 0. The van der Waals surface area contributed by atoms with E-state index in [0.717, 1.165) is 15.9 Å². The quantitative estimate of drug-likeness (QED) is 0.793. The van der Waals surface area contributed by atoms with Gasteiger partial charge in [-0.25, -0.2) is 8.42 Å². The summed E-state index contributed by atoms with van der Waals surface area (Å²) in [6, 6.07) is 13.2. The number of thiophene rings is 1. The third kappa shape index (κ3) is 3.14. The second-order valence-corrected chi connectivity index (χ2v) is 9.94. The van der Waals surface area contributed by atoms with Crippen molar-refractivity contribution in [3.05, 3.63) is 51.8 Å². The molecule has 0 saturated carbocycles. The maximum atomic E-state index is 13.0. The van der Waals surface area contributed by atoms with Crippen molar-refractivity contribution in [2.75, 3.05) is 26.7 Å². The van der Waals surface area contributed by atoms with Crippen molar-refractivity contribution in [3.8, 4) is 0 Å². The second-order valence-electron chi connectivity index (χ2n) is 5.36. The summed E-state index contributed by atoms with van der Waals surface area (Å²) >= 11 is 4.61. The van der Waals surface area contributed by atoms with Crippen LogP contribution >= 0.6 is 27.3 Å². The Bertz CT molecular complexity index is 746. The molecule has 0 bridgehead atoms. The third-order valence-electron chi connectivity index (χ3n) is 3.83. The first kappa shape index (κ1) is 16.1. The van der Waals surface area contributed by atoms with E-state index in [4.69, 9.17) is 0 Å². The molecule has 1 aliphatic rings. The number of halogens is 1. The van der Waals surface area contributed by atoms with Crippen molar-refractivity contribution < 1.29 is 8.42 Å². The Morgan fingerprint density at radius 3 is 2.50 bits per heavy atom. The number of hydrogen-bond acceptors (Lipinski definition) is 4. The van der Waals surface area contributed by atoms with Gasteiger partial charge in [0.05, 0.1) is 9.83 Å². The van der Waals surface area contributed by atoms with E-state index in [1.807, 2.05) is 37.4 Å². The van der Waals surface area contributed by atoms with Gasteiger partial charge in [0.25, 0.3) is 10.0 Å². The first-order chi connectivity index (χ1) is 10.5. The molecule has 3 rings (SSSR count). The summed E-state index contributed by atoms with van der Waals surface area (Å²) in [5.74, 6) is 0. The van der Waals surface area contributed by atoms with Crippen molar-refractivity contribution in [1.82, 2.24) is 9.21 Å². The molecule has 1 saturated heterocycles. The van der Waals surface area contributed by atoms with E-state index in [-0.39, 0.29) is 6.04 Å². The highest BCUT2D eigenvalue weighted by molar-refractivity contribution is 9.11. The molecule has 1 atom stereocenters. The van der Waals surface area contributed by atoms with Gasteiger partial charge in [0.1, 0.15) is 4.21 Å². The molecular weight excluding hydrogens is 384 g/mol. The molecule has 0 aliphatic carbocycles. The molecule has 2 heterocycles. The van der Waals surface area contributed by atoms with Crippen LogP contribution in [-0.2, 0) is 10.0 Å². The van der Waals surface area contributed by atoms with Crippen LogP contribution < -0.4 is 0 Å². The summed E-state index contributed by atoms with van der Waals surface area (Å²) < 4.78 is 28.8. The summed E-state index contributed by atoms with van der Waals surface area (Å²) in [6.07, 6.45) is 0. The topological polar surface area (TPSA) is 40.6 Å². The molecule has 0 spiro atoms. The zero-order valence-corrected chi connectivity index (χ0v) is 15.4. The van der Waals surface area contributed by atoms with E-state index < -0.39 is 10.0 Å². The number of piperazine rings is 1. The zero-order chi connectivity index (χ0) is 15.7. The fourth-order valence-electron chi connectivity index (χ4n) is 2.69. The maximum Gasteiger partial charge on any atom is 0.253 e. The molecule has 1 unspecified atom stereocenters. The Morgan fingerprint density at radius 2 is 1.86 bits per heavy atom. The highest BCUT2D eigenvalue weighted by Gasteiger charge is 2.36. The van der Waals surface area contributed by atoms with Gasteiger partial charge in [-0.05, 0) is 40.7 Å². The maximum absolute atomic E-state index is 13.0. The fraction of sp³-hybridized carbons (Fsp3) is 0.333. The Labute approximate surface area is 143 Å². The van der Waals surface area contributed by atoms with Gasteiger partial charge in [0, 0.05) is 19.6 Å². The largest absolute Gasteiger partial charge is 0.303 e. The van der Waals surface area contributed by atoms with Gasteiger partial charge in [-0.1, -0.05) is 30.3 Å². The first-order valence-electron chi connectivity index (χ1n) is 6.99. The minimum absolute atomic E-state index is 0.147. The predicted octanol–water partition coefficient (Wildman–Crippen LogP) is 3.19. The van der Waals surface area contributed by atoms with Gasteiger partial charge >= 0.3 is 0 Å². The number of sulfonamides is 1. The fourth-order valence-corrected chi connectivity index (χ4v) is 6.42. The average molecular weight is 401 g/mol. The molecular formula is C15H17BrN2O2S2. The van der Waals surface area contributed by atoms with Crippen molar-refractivity contribution in [2.24, 2.45) is 0 Å². The van der Waals surface area contributed by atoms with E-state index in [1.54, 1.807) is 16.4 Å². The molecule has 4 nitrogen and oxygen atoms in total. The summed E-state index contributed by atoms with van der Waals surface area (Å²) in [4.78, 5) is 2.17. The Balaban J connectivity index is 1.99. The molecule has 22 heavy (non-hydrogen) atoms. The molecule has 118 valence electrons. The van der Waals surface area contributed by atoms with Crippen molar-refractivity contribution in [3.63, 3.8) is 0 Å². The van der Waals surface area contributed by atoms with Crippen LogP contribution in [0.1, 0.15) is 11.6 Å². The van der Waals surface area contributed by atoms with E-state index in [9.17, 15) is 8.42 Å². The van der Waals surface area contributed by atoms with Gasteiger partial charge in [-0.2, -0.15) is 4.31 Å². The minimum atomic E-state index is -3.47. The predicted molar refractivity (Wildman–Crippen MR) is 92.6 cm³/mol. The lowest BCUT2D eigenvalue weighted by atomic mass is 10.1.